The van der Waals surface area contributed by atoms with Gasteiger partial charge in [0.05, 0.1) is 17.4 Å². The number of carbonyl (C=O) groups is 1. The van der Waals surface area contributed by atoms with Crippen LogP contribution in [0.15, 0.2) is 18.5 Å². The summed E-state index contributed by atoms with van der Waals surface area (Å²) < 4.78 is 0. The molecule has 1 aromatic rings. The molecule has 1 amide bonds. The lowest BCUT2D eigenvalue weighted by Gasteiger charge is -2.17. The highest BCUT2D eigenvalue weighted by Crippen LogP contribution is 2.23. The third-order valence-electron chi connectivity index (χ3n) is 3.35. The van der Waals surface area contributed by atoms with Crippen LogP contribution >= 0.6 is 0 Å². The summed E-state index contributed by atoms with van der Waals surface area (Å²) in [6.07, 6.45) is 6.65. The van der Waals surface area contributed by atoms with Gasteiger partial charge in [-0.2, -0.15) is 0 Å². The van der Waals surface area contributed by atoms with Crippen molar-refractivity contribution in [1.29, 1.82) is 0 Å². The second-order valence-corrected chi connectivity index (χ2v) is 4.66. The minimum atomic E-state index is 0.0449. The Morgan fingerprint density at radius 2 is 2.47 bits per heavy atom. The summed E-state index contributed by atoms with van der Waals surface area (Å²) >= 11 is 0. The molecule has 17 heavy (non-hydrogen) atoms. The Balaban J connectivity index is 2.05. The van der Waals surface area contributed by atoms with Crippen LogP contribution in [0.1, 0.15) is 36.5 Å². The number of hydrogen-bond acceptors (Lipinski definition) is 3. The second kappa shape index (κ2) is 5.17. The van der Waals surface area contributed by atoms with Crippen LogP contribution in [-0.2, 0) is 0 Å². The molecule has 1 aliphatic rings. The largest absolute Gasteiger partial charge is 0.397 e. The first-order chi connectivity index (χ1) is 8.22. The highest BCUT2D eigenvalue weighted by molar-refractivity contribution is 5.98. The number of amides is 1. The Kier molecular flexibility index (Phi) is 3.61. The van der Waals surface area contributed by atoms with Crippen LogP contribution in [0, 0.1) is 5.92 Å². The summed E-state index contributed by atoms with van der Waals surface area (Å²) in [5.74, 6) is 0.704. The summed E-state index contributed by atoms with van der Waals surface area (Å²) in [6.45, 7) is 3.91. The van der Waals surface area contributed by atoms with Crippen molar-refractivity contribution in [3.8, 4) is 0 Å². The van der Waals surface area contributed by atoms with E-state index in [4.69, 9.17) is 5.73 Å². The molecule has 2 rings (SSSR count). The quantitative estimate of drug-likeness (QED) is 0.867. The van der Waals surface area contributed by atoms with Crippen molar-refractivity contribution in [3.63, 3.8) is 0 Å². The fraction of sp³-hybridized carbons (Fsp3) is 0.538. The van der Waals surface area contributed by atoms with Gasteiger partial charge in [0.25, 0.3) is 5.91 Å². The van der Waals surface area contributed by atoms with Gasteiger partial charge in [-0.3, -0.25) is 9.78 Å². The standard InChI is InChI=1S/C13H19N3O/c1-2-3-10-5-7-16(9-10)13(17)11-4-6-15-8-12(11)14/h4,6,8,10H,2-3,5,7,9,14H2,1H3. The Morgan fingerprint density at radius 3 is 3.18 bits per heavy atom. The molecule has 1 aliphatic heterocycles. The molecule has 0 bridgehead atoms. The summed E-state index contributed by atoms with van der Waals surface area (Å²) in [7, 11) is 0. The first-order valence-electron chi connectivity index (χ1n) is 6.21. The fourth-order valence-electron chi connectivity index (χ4n) is 2.43. The van der Waals surface area contributed by atoms with Gasteiger partial charge in [0.2, 0.25) is 0 Å². The van der Waals surface area contributed by atoms with Gasteiger partial charge >= 0.3 is 0 Å². The summed E-state index contributed by atoms with van der Waals surface area (Å²) in [6, 6.07) is 1.70. The van der Waals surface area contributed by atoms with Gasteiger partial charge in [0.15, 0.2) is 0 Å². The van der Waals surface area contributed by atoms with E-state index >= 15 is 0 Å². The number of likely N-dealkylation sites (tertiary alicyclic amines) is 1. The van der Waals surface area contributed by atoms with Crippen LogP contribution in [0.25, 0.3) is 0 Å². The Bertz CT molecular complexity index is 405. The van der Waals surface area contributed by atoms with Gasteiger partial charge in [0, 0.05) is 19.3 Å². The molecule has 4 heteroatoms. The number of nitrogen functional groups attached to an aromatic ring is 1. The van der Waals surface area contributed by atoms with Gasteiger partial charge < -0.3 is 10.6 Å². The van der Waals surface area contributed by atoms with E-state index in [9.17, 15) is 4.79 Å². The molecule has 0 saturated carbocycles. The normalized spacial score (nSPS) is 19.6. The van der Waals surface area contributed by atoms with E-state index in [1.807, 2.05) is 4.90 Å². The number of rotatable bonds is 3. The zero-order valence-corrected chi connectivity index (χ0v) is 10.2. The van der Waals surface area contributed by atoms with Gasteiger partial charge in [-0.15, -0.1) is 0 Å². The smallest absolute Gasteiger partial charge is 0.256 e. The minimum Gasteiger partial charge on any atom is -0.397 e. The zero-order valence-electron chi connectivity index (χ0n) is 10.2. The number of hydrogen-bond donors (Lipinski definition) is 1. The molecular formula is C13H19N3O. The first kappa shape index (κ1) is 11.9. The van der Waals surface area contributed by atoms with Crippen LogP contribution in [0.3, 0.4) is 0 Å². The van der Waals surface area contributed by atoms with Crippen molar-refractivity contribution in [2.24, 2.45) is 5.92 Å². The molecule has 92 valence electrons. The average Bonchev–Trinajstić information content (AvgIpc) is 2.78. The van der Waals surface area contributed by atoms with Crippen molar-refractivity contribution in [2.75, 3.05) is 18.8 Å². The van der Waals surface area contributed by atoms with Crippen LogP contribution in [-0.4, -0.2) is 28.9 Å². The van der Waals surface area contributed by atoms with E-state index < -0.39 is 0 Å². The second-order valence-electron chi connectivity index (χ2n) is 4.66. The summed E-state index contributed by atoms with van der Waals surface area (Å²) in [5, 5.41) is 0. The maximum Gasteiger partial charge on any atom is 0.256 e. The first-order valence-corrected chi connectivity index (χ1v) is 6.21. The lowest BCUT2D eigenvalue weighted by Crippen LogP contribution is -2.29. The molecule has 1 unspecified atom stereocenters. The molecule has 2 heterocycles. The molecule has 0 aliphatic carbocycles. The number of carbonyl (C=O) groups excluding carboxylic acids is 1. The van der Waals surface area contributed by atoms with Gasteiger partial charge in [-0.1, -0.05) is 13.3 Å². The third kappa shape index (κ3) is 2.57. The summed E-state index contributed by atoms with van der Waals surface area (Å²) in [4.78, 5) is 18.0. The van der Waals surface area contributed by atoms with Crippen molar-refractivity contribution in [3.05, 3.63) is 24.0 Å². The maximum atomic E-state index is 12.2. The number of pyridine rings is 1. The van der Waals surface area contributed by atoms with Crippen molar-refractivity contribution >= 4 is 11.6 Å². The third-order valence-corrected chi connectivity index (χ3v) is 3.35. The molecule has 2 N–H and O–H groups in total. The monoisotopic (exact) mass is 233 g/mol. The number of nitrogens with zero attached hydrogens (tertiary/aromatic N) is 2. The predicted octanol–water partition coefficient (Wildman–Crippen LogP) is 1.93. The molecule has 1 saturated heterocycles. The van der Waals surface area contributed by atoms with Gasteiger partial charge in [-0.25, -0.2) is 0 Å². The molecule has 1 aromatic heterocycles. The maximum absolute atomic E-state index is 12.2. The average molecular weight is 233 g/mol. The van der Waals surface area contributed by atoms with Gasteiger partial charge in [-0.05, 0) is 24.8 Å². The lowest BCUT2D eigenvalue weighted by atomic mass is 10.0. The van der Waals surface area contributed by atoms with E-state index in [1.165, 1.54) is 19.0 Å². The highest BCUT2D eigenvalue weighted by atomic mass is 16.2. The van der Waals surface area contributed by atoms with E-state index in [0.717, 1.165) is 19.5 Å². The fourth-order valence-corrected chi connectivity index (χ4v) is 2.43. The number of anilines is 1. The van der Waals surface area contributed by atoms with Crippen LogP contribution in [0.4, 0.5) is 5.69 Å². The zero-order chi connectivity index (χ0) is 12.3. The van der Waals surface area contributed by atoms with Crippen molar-refractivity contribution < 1.29 is 4.79 Å². The van der Waals surface area contributed by atoms with E-state index in [1.54, 1.807) is 12.3 Å². The minimum absolute atomic E-state index is 0.0449. The Hall–Kier alpha value is -1.58. The molecule has 1 fully saturated rings. The van der Waals surface area contributed by atoms with E-state index in [2.05, 4.69) is 11.9 Å². The molecule has 0 aromatic carbocycles. The topological polar surface area (TPSA) is 59.2 Å². The lowest BCUT2D eigenvalue weighted by molar-refractivity contribution is 0.0787. The van der Waals surface area contributed by atoms with Crippen LogP contribution in [0.5, 0.6) is 0 Å². The van der Waals surface area contributed by atoms with Crippen LogP contribution in [0.2, 0.25) is 0 Å². The van der Waals surface area contributed by atoms with E-state index in [0.29, 0.717) is 17.2 Å². The predicted molar refractivity (Wildman–Crippen MR) is 67.6 cm³/mol. The van der Waals surface area contributed by atoms with Crippen molar-refractivity contribution in [1.82, 2.24) is 9.88 Å². The van der Waals surface area contributed by atoms with E-state index in [-0.39, 0.29) is 5.91 Å². The molecular weight excluding hydrogens is 214 g/mol. The number of aromatic nitrogens is 1. The SMILES string of the molecule is CCCC1CCN(C(=O)c2ccncc2N)C1. The number of nitrogens with two attached hydrogens (primary N) is 1. The van der Waals surface area contributed by atoms with Gasteiger partial charge in [0.1, 0.15) is 0 Å². The molecule has 0 radical (unpaired) electrons. The molecule has 1 atom stereocenters. The van der Waals surface area contributed by atoms with Crippen LogP contribution < -0.4 is 5.73 Å². The highest BCUT2D eigenvalue weighted by Gasteiger charge is 2.27. The Morgan fingerprint density at radius 1 is 1.65 bits per heavy atom. The summed E-state index contributed by atoms with van der Waals surface area (Å²) in [5.41, 5.74) is 6.82. The molecule has 4 nitrogen and oxygen atoms in total. The molecule has 0 spiro atoms. The van der Waals surface area contributed by atoms with Crippen molar-refractivity contribution in [2.45, 2.75) is 26.2 Å². The Labute approximate surface area is 102 Å².